The average Bonchev–Trinajstić information content (AvgIpc) is 2.90. The van der Waals surface area contributed by atoms with E-state index in [1.54, 1.807) is 24.5 Å². The second-order valence-electron chi connectivity index (χ2n) is 9.05. The van der Waals surface area contributed by atoms with Crippen LogP contribution in [0.3, 0.4) is 0 Å². The molecular weight excluding hydrogens is 485 g/mol. The quantitative estimate of drug-likeness (QED) is 0.494. The molecule has 0 saturated carbocycles. The van der Waals surface area contributed by atoms with Crippen molar-refractivity contribution in [3.63, 3.8) is 0 Å². The molecule has 0 amide bonds. The lowest BCUT2D eigenvalue weighted by molar-refractivity contribution is 0.122. The largest absolute Gasteiger partial charge is 0.393 e. The molecule has 12 heteroatoms. The Hall–Kier alpha value is -3.28. The molecule has 2 aliphatic rings. The summed E-state index contributed by atoms with van der Waals surface area (Å²) in [5, 5.41) is 3.41. The first kappa shape index (κ1) is 24.4. The first-order chi connectivity index (χ1) is 17.4. The molecule has 3 N–H and O–H groups in total. The fourth-order valence-electron chi connectivity index (χ4n) is 4.40. The molecule has 4 heterocycles. The first-order valence-corrected chi connectivity index (χ1v) is 12.3. The fraction of sp³-hybridized carbons (Fsp3) is 0.417. The van der Waals surface area contributed by atoms with Gasteiger partial charge in [-0.2, -0.15) is 0 Å². The average molecular weight is 514 g/mol. The molecule has 36 heavy (non-hydrogen) atoms. The third-order valence-corrected chi connectivity index (χ3v) is 7.02. The van der Waals surface area contributed by atoms with E-state index in [2.05, 4.69) is 53.9 Å². The second kappa shape index (κ2) is 10.4. The lowest BCUT2D eigenvalue weighted by Gasteiger charge is -2.39. The minimum atomic E-state index is -0.362. The van der Waals surface area contributed by atoms with Crippen LogP contribution in [0.1, 0.15) is 6.92 Å². The monoisotopic (exact) mass is 513 g/mol. The highest BCUT2D eigenvalue weighted by molar-refractivity contribution is 6.32. The molecule has 2 fully saturated rings. The number of nitrogens with one attached hydrogen (secondary N) is 1. The first-order valence-electron chi connectivity index (χ1n) is 11.9. The number of likely N-dealkylation sites (N-methyl/N-ethyl adjacent to an activating group) is 1. The Labute approximate surface area is 214 Å². The minimum absolute atomic E-state index is 0.150. The highest BCUT2D eigenvalue weighted by Crippen LogP contribution is 2.37. The molecule has 3 aromatic rings. The minimum Gasteiger partial charge on any atom is -0.393 e. The van der Waals surface area contributed by atoms with Crippen LogP contribution < -0.4 is 20.9 Å². The summed E-state index contributed by atoms with van der Waals surface area (Å²) in [7, 11) is 2.09. The van der Waals surface area contributed by atoms with Crippen LogP contribution in [0.25, 0.3) is 11.1 Å². The van der Waals surface area contributed by atoms with Gasteiger partial charge >= 0.3 is 0 Å². The van der Waals surface area contributed by atoms with E-state index in [0.29, 0.717) is 47.8 Å². The fourth-order valence-corrected chi connectivity index (χ4v) is 4.53. The Morgan fingerprint density at radius 1 is 1.06 bits per heavy atom. The predicted molar refractivity (Wildman–Crippen MR) is 140 cm³/mol. The zero-order valence-electron chi connectivity index (χ0n) is 20.3. The number of aromatic nitrogens is 4. The number of anilines is 5. The van der Waals surface area contributed by atoms with Crippen LogP contribution in [-0.2, 0) is 4.74 Å². The molecule has 2 aromatic heterocycles. The highest BCUT2D eigenvalue weighted by Gasteiger charge is 2.25. The van der Waals surface area contributed by atoms with Crippen molar-refractivity contribution in [2.24, 2.45) is 0 Å². The van der Waals surface area contributed by atoms with Crippen LogP contribution in [0, 0.1) is 5.82 Å². The van der Waals surface area contributed by atoms with E-state index >= 15 is 4.39 Å². The van der Waals surface area contributed by atoms with Crippen LogP contribution in [-0.4, -0.2) is 83.9 Å². The van der Waals surface area contributed by atoms with Crippen LogP contribution in [0.4, 0.5) is 33.2 Å². The number of rotatable bonds is 5. The summed E-state index contributed by atoms with van der Waals surface area (Å²) < 4.78 is 21.0. The molecule has 0 bridgehead atoms. The topological polar surface area (TPSA) is 109 Å². The smallest absolute Gasteiger partial charge is 0.225 e. The van der Waals surface area contributed by atoms with E-state index in [1.165, 1.54) is 6.33 Å². The number of nitrogens with zero attached hydrogens (tertiary/aromatic N) is 7. The number of nitrogen functional groups attached to an aromatic ring is 1. The Balaban J connectivity index is 1.52. The van der Waals surface area contributed by atoms with Gasteiger partial charge in [-0.05, 0) is 26.1 Å². The Bertz CT molecular complexity index is 1220. The van der Waals surface area contributed by atoms with Crippen molar-refractivity contribution >= 4 is 40.4 Å². The van der Waals surface area contributed by atoms with Gasteiger partial charge in [0.2, 0.25) is 5.95 Å². The highest BCUT2D eigenvalue weighted by atomic mass is 35.5. The van der Waals surface area contributed by atoms with Gasteiger partial charge in [0.05, 0.1) is 24.6 Å². The maximum Gasteiger partial charge on any atom is 0.225 e. The maximum absolute atomic E-state index is 15.6. The zero-order valence-corrected chi connectivity index (χ0v) is 21.0. The lowest BCUT2D eigenvalue weighted by atomic mass is 10.0. The number of halogens is 2. The molecule has 1 atom stereocenters. The number of morpholine rings is 1. The van der Waals surface area contributed by atoms with E-state index in [0.717, 1.165) is 38.4 Å². The summed E-state index contributed by atoms with van der Waals surface area (Å²) >= 11 is 6.11. The number of benzene rings is 1. The van der Waals surface area contributed by atoms with Crippen LogP contribution in [0.15, 0.2) is 30.9 Å². The SMILES string of the molecule is CC1CN(c2cc(F)c(-c3cnc(N4CCOCC4)nc3)cc2Nc2ncnc(Cl)c2N)CCN1C. The van der Waals surface area contributed by atoms with Gasteiger partial charge in [-0.25, -0.2) is 24.3 Å². The standard InChI is InChI=1S/C24H29ClFN9O/c1-15-13-35(4-3-33(15)2)20-10-18(26)17(9-19(20)32-23-21(27)22(25)30-14-31-23)16-11-28-24(29-12-16)34-5-7-36-8-6-34/h9-12,14-15H,3-8,13,27H2,1-2H3,(H,30,31,32). The maximum atomic E-state index is 15.6. The van der Waals surface area contributed by atoms with Gasteiger partial charge in [-0.1, -0.05) is 11.6 Å². The number of nitrogens with two attached hydrogens (primary N) is 1. The lowest BCUT2D eigenvalue weighted by Crippen LogP contribution is -2.50. The molecule has 2 saturated heterocycles. The van der Waals surface area contributed by atoms with Crippen molar-refractivity contribution in [2.75, 3.05) is 73.8 Å². The van der Waals surface area contributed by atoms with Gasteiger partial charge in [0, 0.05) is 62.3 Å². The van der Waals surface area contributed by atoms with E-state index in [1.807, 2.05) is 0 Å². The van der Waals surface area contributed by atoms with Gasteiger partial charge in [0.15, 0.2) is 11.0 Å². The van der Waals surface area contributed by atoms with Gasteiger partial charge < -0.3 is 30.5 Å². The third kappa shape index (κ3) is 4.99. The van der Waals surface area contributed by atoms with Crippen molar-refractivity contribution < 1.29 is 9.13 Å². The molecule has 0 radical (unpaired) electrons. The van der Waals surface area contributed by atoms with E-state index < -0.39 is 0 Å². The van der Waals surface area contributed by atoms with Crippen LogP contribution in [0.5, 0.6) is 0 Å². The second-order valence-corrected chi connectivity index (χ2v) is 9.41. The van der Waals surface area contributed by atoms with Crippen molar-refractivity contribution in [3.8, 4) is 11.1 Å². The zero-order chi connectivity index (χ0) is 25.2. The number of hydrogen-bond acceptors (Lipinski definition) is 10. The summed E-state index contributed by atoms with van der Waals surface area (Å²) in [4.78, 5) is 23.6. The molecule has 2 aliphatic heterocycles. The van der Waals surface area contributed by atoms with Crippen molar-refractivity contribution in [3.05, 3.63) is 41.8 Å². The van der Waals surface area contributed by atoms with Gasteiger partial charge in [0.25, 0.3) is 0 Å². The molecular formula is C24H29ClFN9O. The summed E-state index contributed by atoms with van der Waals surface area (Å²) in [6.07, 6.45) is 4.63. The van der Waals surface area contributed by atoms with Crippen molar-refractivity contribution in [1.82, 2.24) is 24.8 Å². The van der Waals surface area contributed by atoms with E-state index in [4.69, 9.17) is 22.1 Å². The Morgan fingerprint density at radius 3 is 2.53 bits per heavy atom. The summed E-state index contributed by atoms with van der Waals surface area (Å²) in [6, 6.07) is 3.61. The number of piperazine rings is 1. The molecule has 1 unspecified atom stereocenters. The summed E-state index contributed by atoms with van der Waals surface area (Å²) in [6.45, 7) is 7.25. The third-order valence-electron chi connectivity index (χ3n) is 6.72. The van der Waals surface area contributed by atoms with Crippen LogP contribution >= 0.6 is 11.6 Å². The molecule has 10 nitrogen and oxygen atoms in total. The summed E-state index contributed by atoms with van der Waals surface area (Å²) in [5.74, 6) is 0.598. The molecule has 0 spiro atoms. The molecule has 5 rings (SSSR count). The van der Waals surface area contributed by atoms with E-state index in [9.17, 15) is 0 Å². The molecule has 0 aliphatic carbocycles. The van der Waals surface area contributed by atoms with Crippen molar-refractivity contribution in [2.45, 2.75) is 13.0 Å². The summed E-state index contributed by atoms with van der Waals surface area (Å²) in [5.41, 5.74) is 8.65. The Morgan fingerprint density at radius 2 is 1.81 bits per heavy atom. The van der Waals surface area contributed by atoms with E-state index in [-0.39, 0.29) is 16.7 Å². The molecule has 190 valence electrons. The van der Waals surface area contributed by atoms with Gasteiger partial charge in [-0.15, -0.1) is 0 Å². The predicted octanol–water partition coefficient (Wildman–Crippen LogP) is 3.03. The van der Waals surface area contributed by atoms with Crippen LogP contribution in [0.2, 0.25) is 5.15 Å². The Kier molecular flexibility index (Phi) is 7.04. The normalized spacial score (nSPS) is 18.9. The number of hydrogen-bond donors (Lipinski definition) is 2. The van der Waals surface area contributed by atoms with Gasteiger partial charge in [0.1, 0.15) is 17.8 Å². The van der Waals surface area contributed by atoms with Crippen molar-refractivity contribution in [1.29, 1.82) is 0 Å². The molecule has 1 aromatic carbocycles. The number of ether oxygens (including phenoxy) is 1. The van der Waals surface area contributed by atoms with Gasteiger partial charge in [-0.3, -0.25) is 0 Å².